The third-order valence-electron chi connectivity index (χ3n) is 3.25. The van der Waals surface area contributed by atoms with Gasteiger partial charge in [0.25, 0.3) is 0 Å². The molecule has 0 saturated carbocycles. The fraction of sp³-hybridized carbons (Fsp3) is 0.200. The third kappa shape index (κ3) is 3.16. The summed E-state index contributed by atoms with van der Waals surface area (Å²) in [6.07, 6.45) is 1.71. The molecule has 2 heterocycles. The zero-order valence-corrected chi connectivity index (χ0v) is 14.1. The summed E-state index contributed by atoms with van der Waals surface area (Å²) in [6.45, 7) is 2.16. The van der Waals surface area contributed by atoms with Gasteiger partial charge < -0.3 is 9.88 Å². The number of nitrogens with one attached hydrogen (secondary N) is 1. The Morgan fingerprint density at radius 2 is 2.05 bits per heavy atom. The first-order chi connectivity index (χ1) is 10.1. The molecule has 0 fully saturated rings. The van der Waals surface area contributed by atoms with Crippen LogP contribution in [0.4, 0.5) is 5.69 Å². The number of aromatic nitrogens is 3. The van der Waals surface area contributed by atoms with Crippen molar-refractivity contribution in [1.29, 1.82) is 0 Å². The van der Waals surface area contributed by atoms with Gasteiger partial charge in [-0.1, -0.05) is 0 Å². The molecule has 2 aromatic heterocycles. The molecule has 0 bridgehead atoms. The molecule has 0 saturated heterocycles. The van der Waals surface area contributed by atoms with Gasteiger partial charge in [-0.05, 0) is 53.2 Å². The molecule has 4 nitrogen and oxygen atoms in total. The molecule has 0 spiro atoms. The molecule has 1 N–H and O–H groups in total. The van der Waals surface area contributed by atoms with Crippen LogP contribution >= 0.6 is 27.3 Å². The molecule has 6 heteroatoms. The highest BCUT2D eigenvalue weighted by atomic mass is 79.9. The molecule has 1 aromatic carbocycles. The minimum absolute atomic E-state index is 0.280. The van der Waals surface area contributed by atoms with E-state index in [1.54, 1.807) is 17.7 Å². The summed E-state index contributed by atoms with van der Waals surface area (Å²) in [7, 11) is 1.94. The lowest BCUT2D eigenvalue weighted by Gasteiger charge is -2.14. The van der Waals surface area contributed by atoms with E-state index in [9.17, 15) is 0 Å². The van der Waals surface area contributed by atoms with Crippen LogP contribution in [0.15, 0.2) is 46.5 Å². The predicted molar refractivity (Wildman–Crippen MR) is 90.5 cm³/mol. The molecule has 108 valence electrons. The van der Waals surface area contributed by atoms with Crippen molar-refractivity contribution in [3.8, 4) is 11.4 Å². The average molecular weight is 363 g/mol. The van der Waals surface area contributed by atoms with Crippen LogP contribution < -0.4 is 5.32 Å². The van der Waals surface area contributed by atoms with E-state index in [-0.39, 0.29) is 6.04 Å². The van der Waals surface area contributed by atoms with Gasteiger partial charge in [-0.3, -0.25) is 0 Å². The lowest BCUT2D eigenvalue weighted by Crippen LogP contribution is -2.04. The third-order valence-corrected chi connectivity index (χ3v) is 5.13. The van der Waals surface area contributed by atoms with Crippen LogP contribution in [0.3, 0.4) is 0 Å². The minimum Gasteiger partial charge on any atom is -0.378 e. The number of hydrogen-bond acceptors (Lipinski definition) is 4. The SMILES string of the molecule is CC(Nc1ccc(-c2nncn2C)cc1)c1cc(Br)cs1. The largest absolute Gasteiger partial charge is 0.378 e. The van der Waals surface area contributed by atoms with E-state index < -0.39 is 0 Å². The van der Waals surface area contributed by atoms with E-state index in [4.69, 9.17) is 0 Å². The first-order valence-corrected chi connectivity index (χ1v) is 8.25. The standard InChI is InChI=1S/C15H15BrN4S/c1-10(14-7-12(16)8-21-14)18-13-5-3-11(4-6-13)15-19-17-9-20(15)2/h3-10,18H,1-2H3. The summed E-state index contributed by atoms with van der Waals surface area (Å²) < 4.78 is 3.04. The van der Waals surface area contributed by atoms with Crippen LogP contribution in [0.25, 0.3) is 11.4 Å². The lowest BCUT2D eigenvalue weighted by molar-refractivity contribution is 0.907. The monoisotopic (exact) mass is 362 g/mol. The van der Waals surface area contributed by atoms with Crippen molar-refractivity contribution in [3.63, 3.8) is 0 Å². The molecular formula is C15H15BrN4S. The average Bonchev–Trinajstić information content (AvgIpc) is 3.08. The summed E-state index contributed by atoms with van der Waals surface area (Å²) in [5.41, 5.74) is 2.16. The zero-order valence-electron chi connectivity index (χ0n) is 11.7. The predicted octanol–water partition coefficient (Wildman–Crippen LogP) is 4.48. The van der Waals surface area contributed by atoms with Gasteiger partial charge in [0, 0.05) is 33.0 Å². The Labute approximate surface area is 136 Å². The molecule has 0 amide bonds. The maximum Gasteiger partial charge on any atom is 0.163 e. The van der Waals surface area contributed by atoms with E-state index in [0.717, 1.165) is 21.5 Å². The second-order valence-corrected chi connectivity index (χ2v) is 6.73. The van der Waals surface area contributed by atoms with E-state index >= 15 is 0 Å². The number of aryl methyl sites for hydroxylation is 1. The van der Waals surface area contributed by atoms with Crippen LogP contribution in [0, 0.1) is 0 Å². The first kappa shape index (κ1) is 14.3. The number of halogens is 1. The lowest BCUT2D eigenvalue weighted by atomic mass is 10.1. The first-order valence-electron chi connectivity index (χ1n) is 6.58. The number of nitrogens with zero attached hydrogens (tertiary/aromatic N) is 3. The number of rotatable bonds is 4. The van der Waals surface area contributed by atoms with Crippen molar-refractivity contribution in [1.82, 2.24) is 14.8 Å². The molecule has 0 aliphatic rings. The molecule has 3 rings (SSSR count). The van der Waals surface area contributed by atoms with Crippen LogP contribution in [0.1, 0.15) is 17.8 Å². The quantitative estimate of drug-likeness (QED) is 0.743. The highest BCUT2D eigenvalue weighted by Gasteiger charge is 2.09. The van der Waals surface area contributed by atoms with Crippen molar-refractivity contribution >= 4 is 33.0 Å². The Bertz CT molecular complexity index is 732. The van der Waals surface area contributed by atoms with Gasteiger partial charge in [0.1, 0.15) is 6.33 Å². The summed E-state index contributed by atoms with van der Waals surface area (Å²) in [5, 5.41) is 13.6. The summed E-state index contributed by atoms with van der Waals surface area (Å²) >= 11 is 5.24. The van der Waals surface area contributed by atoms with Crippen LogP contribution in [0.5, 0.6) is 0 Å². The second kappa shape index (κ2) is 5.99. The molecule has 0 radical (unpaired) electrons. The van der Waals surface area contributed by atoms with Gasteiger partial charge in [0.2, 0.25) is 0 Å². The Balaban J connectivity index is 1.74. The highest BCUT2D eigenvalue weighted by Crippen LogP contribution is 2.28. The maximum absolute atomic E-state index is 4.12. The minimum atomic E-state index is 0.280. The molecule has 1 atom stereocenters. The summed E-state index contributed by atoms with van der Waals surface area (Å²) in [6, 6.07) is 10.7. The molecule has 21 heavy (non-hydrogen) atoms. The van der Waals surface area contributed by atoms with Gasteiger partial charge in [0.15, 0.2) is 5.82 Å². The van der Waals surface area contributed by atoms with Gasteiger partial charge >= 0.3 is 0 Å². The Hall–Kier alpha value is -1.66. The number of hydrogen-bond donors (Lipinski definition) is 1. The van der Waals surface area contributed by atoms with Gasteiger partial charge in [-0.15, -0.1) is 21.5 Å². The number of benzene rings is 1. The fourth-order valence-electron chi connectivity index (χ4n) is 2.14. The Morgan fingerprint density at radius 1 is 1.29 bits per heavy atom. The van der Waals surface area contributed by atoms with Gasteiger partial charge in [-0.25, -0.2) is 0 Å². The van der Waals surface area contributed by atoms with Crippen LogP contribution in [-0.2, 0) is 7.05 Å². The molecule has 0 aliphatic heterocycles. The van der Waals surface area contributed by atoms with Crippen molar-refractivity contribution in [3.05, 3.63) is 51.4 Å². The Kier molecular flexibility index (Phi) is 4.07. The summed E-state index contributed by atoms with van der Waals surface area (Å²) in [5.74, 6) is 0.872. The van der Waals surface area contributed by atoms with Crippen LogP contribution in [0.2, 0.25) is 0 Å². The highest BCUT2D eigenvalue weighted by molar-refractivity contribution is 9.10. The summed E-state index contributed by atoms with van der Waals surface area (Å²) in [4.78, 5) is 1.30. The van der Waals surface area contributed by atoms with Crippen LogP contribution in [-0.4, -0.2) is 14.8 Å². The maximum atomic E-state index is 4.12. The zero-order chi connectivity index (χ0) is 14.8. The molecular weight excluding hydrogens is 348 g/mol. The van der Waals surface area contributed by atoms with Crippen molar-refractivity contribution in [2.45, 2.75) is 13.0 Å². The van der Waals surface area contributed by atoms with E-state index in [2.05, 4.69) is 74.1 Å². The van der Waals surface area contributed by atoms with Crippen molar-refractivity contribution in [2.24, 2.45) is 7.05 Å². The van der Waals surface area contributed by atoms with E-state index in [1.165, 1.54) is 4.88 Å². The molecule has 3 aromatic rings. The number of thiophene rings is 1. The van der Waals surface area contributed by atoms with Crippen molar-refractivity contribution in [2.75, 3.05) is 5.32 Å². The Morgan fingerprint density at radius 3 is 2.62 bits per heavy atom. The van der Waals surface area contributed by atoms with E-state index in [1.807, 2.05) is 11.6 Å². The topological polar surface area (TPSA) is 42.7 Å². The molecule has 0 aliphatic carbocycles. The van der Waals surface area contributed by atoms with Gasteiger partial charge in [0.05, 0.1) is 6.04 Å². The van der Waals surface area contributed by atoms with Gasteiger partial charge in [-0.2, -0.15) is 0 Å². The van der Waals surface area contributed by atoms with Crippen molar-refractivity contribution < 1.29 is 0 Å². The van der Waals surface area contributed by atoms with E-state index in [0.29, 0.717) is 0 Å². The smallest absolute Gasteiger partial charge is 0.163 e. The fourth-order valence-corrected chi connectivity index (χ4v) is 3.59. The molecule has 1 unspecified atom stereocenters. The number of anilines is 1. The second-order valence-electron chi connectivity index (χ2n) is 4.88. The normalized spacial score (nSPS) is 12.3.